The molecule has 0 aromatic heterocycles. The molecule has 6 rings (SSSR count). The second kappa shape index (κ2) is 8.90. The van der Waals surface area contributed by atoms with Gasteiger partial charge in [0.2, 0.25) is 27.1 Å². The Hall–Kier alpha value is -4.73. The fourth-order valence-electron chi connectivity index (χ4n) is 5.39. The minimum atomic E-state index is -4.68. The molecule has 0 atom stereocenters. The molecule has 9 heteroatoms. The first-order chi connectivity index (χ1) is 19.1. The first-order valence-corrected chi connectivity index (χ1v) is 13.8. The summed E-state index contributed by atoms with van der Waals surface area (Å²) in [7, 11) is -4.68. The molecule has 198 valence electrons. The zero-order valence-corrected chi connectivity index (χ0v) is 21.9. The highest BCUT2D eigenvalue weighted by atomic mass is 32.2. The molecule has 40 heavy (non-hydrogen) atoms. The van der Waals surface area contributed by atoms with Gasteiger partial charge in [-0.2, -0.15) is 4.72 Å². The highest BCUT2D eigenvalue weighted by molar-refractivity contribution is 7.89. The van der Waals surface area contributed by atoms with E-state index >= 15 is 0 Å². The van der Waals surface area contributed by atoms with Crippen LogP contribution in [0.2, 0.25) is 0 Å². The van der Waals surface area contributed by atoms with Gasteiger partial charge < -0.3 is 4.74 Å². The van der Waals surface area contributed by atoms with Crippen molar-refractivity contribution < 1.29 is 32.3 Å². The zero-order chi connectivity index (χ0) is 28.3. The van der Waals surface area contributed by atoms with E-state index in [1.807, 2.05) is 0 Å². The van der Waals surface area contributed by atoms with Gasteiger partial charge in [-0.05, 0) is 31.2 Å². The fourth-order valence-corrected chi connectivity index (χ4v) is 6.73. The molecular weight excluding hydrogens is 530 g/mol. The molecule has 0 amide bonds. The lowest BCUT2D eigenvalue weighted by Gasteiger charge is -2.41. The van der Waals surface area contributed by atoms with Crippen LogP contribution in [0.4, 0.5) is 0 Å². The van der Waals surface area contributed by atoms with Crippen molar-refractivity contribution in [1.82, 2.24) is 4.72 Å². The minimum Gasteiger partial charge on any atom is -0.468 e. The van der Waals surface area contributed by atoms with Crippen molar-refractivity contribution in [2.24, 2.45) is 0 Å². The molecule has 2 aliphatic rings. The number of carbonyl (C=O) groups is 4. The van der Waals surface area contributed by atoms with E-state index in [1.165, 1.54) is 72.8 Å². The molecule has 0 fully saturated rings. The topological polar surface area (TPSA) is 124 Å². The molecule has 0 bridgehead atoms. The quantitative estimate of drug-likeness (QED) is 0.360. The third-order valence-corrected chi connectivity index (χ3v) is 8.78. The van der Waals surface area contributed by atoms with Crippen LogP contribution in [0, 0.1) is 6.92 Å². The van der Waals surface area contributed by atoms with E-state index in [9.17, 15) is 27.6 Å². The number of Topliss-reactive ketones (excluding diaryl/α,β-unsaturated/α-hetero) is 4. The van der Waals surface area contributed by atoms with Crippen molar-refractivity contribution in [3.63, 3.8) is 0 Å². The molecule has 4 aromatic rings. The highest BCUT2D eigenvalue weighted by Gasteiger charge is 2.77. The number of nitrogens with one attached hydrogen (secondary N) is 1. The Kier molecular flexibility index (Phi) is 5.69. The monoisotopic (exact) mass is 551 g/mol. The van der Waals surface area contributed by atoms with E-state index in [2.05, 4.69) is 4.72 Å². The Bertz CT molecular complexity index is 1770. The van der Waals surface area contributed by atoms with Gasteiger partial charge in [0.15, 0.2) is 11.6 Å². The molecule has 0 heterocycles. The second-order valence-electron chi connectivity index (χ2n) is 9.67. The Morgan fingerprint density at radius 3 is 1.48 bits per heavy atom. The van der Waals surface area contributed by atoms with Crippen molar-refractivity contribution in [3.8, 4) is 5.75 Å². The van der Waals surface area contributed by atoms with E-state index in [-0.39, 0.29) is 32.9 Å². The van der Waals surface area contributed by atoms with E-state index in [0.29, 0.717) is 0 Å². The van der Waals surface area contributed by atoms with Crippen molar-refractivity contribution in [1.29, 1.82) is 0 Å². The summed E-state index contributed by atoms with van der Waals surface area (Å²) in [5.41, 5.74) is -5.57. The molecule has 0 aliphatic heterocycles. The summed E-state index contributed by atoms with van der Waals surface area (Å²) >= 11 is 0. The van der Waals surface area contributed by atoms with Gasteiger partial charge in [0.05, 0.1) is 4.90 Å². The predicted molar refractivity (Wildman–Crippen MR) is 144 cm³/mol. The summed E-state index contributed by atoms with van der Waals surface area (Å²) in [5.74, 6) is -4.14. The standard InChI is InChI=1S/C31H21NO7S/c1-19-15-17-21(18-16-19)40(37,38)32-30(26(33)22-11-5-6-12-23(22)27(30)34)31(39-20-9-3-2-4-10-20)28(35)24-13-7-8-14-25(24)29(31)36/h2-18,32H,1H3. The van der Waals surface area contributed by atoms with Crippen molar-refractivity contribution >= 4 is 33.2 Å². The molecule has 2 aliphatic carbocycles. The van der Waals surface area contributed by atoms with Gasteiger partial charge in [0.1, 0.15) is 5.75 Å². The number of sulfonamides is 1. The van der Waals surface area contributed by atoms with Crippen molar-refractivity contribution in [3.05, 3.63) is 131 Å². The lowest BCUT2D eigenvalue weighted by Crippen LogP contribution is -2.77. The summed E-state index contributed by atoms with van der Waals surface area (Å²) in [5, 5.41) is 0. The summed E-state index contributed by atoms with van der Waals surface area (Å²) in [6, 6.07) is 25.0. The van der Waals surface area contributed by atoms with Gasteiger partial charge in [-0.25, -0.2) is 8.42 Å². The number of benzene rings is 4. The maximum absolute atomic E-state index is 14.4. The number of hydrogen-bond donors (Lipinski definition) is 1. The van der Waals surface area contributed by atoms with Gasteiger partial charge in [0, 0.05) is 22.3 Å². The first kappa shape index (κ1) is 25.5. The van der Waals surface area contributed by atoms with Crippen LogP contribution in [0.1, 0.15) is 47.0 Å². The smallest absolute Gasteiger partial charge is 0.267 e. The Morgan fingerprint density at radius 2 is 1.00 bits per heavy atom. The van der Waals surface area contributed by atoms with Crippen LogP contribution in [-0.2, 0) is 10.0 Å². The minimum absolute atomic E-state index is 0.0116. The molecule has 4 aromatic carbocycles. The van der Waals surface area contributed by atoms with Crippen LogP contribution in [0.25, 0.3) is 0 Å². The Balaban J connectivity index is 1.68. The van der Waals surface area contributed by atoms with Gasteiger partial charge in [0.25, 0.3) is 5.60 Å². The number of ketones is 4. The van der Waals surface area contributed by atoms with Gasteiger partial charge >= 0.3 is 0 Å². The number of carbonyl (C=O) groups excluding carboxylic acids is 4. The maximum atomic E-state index is 14.4. The third-order valence-electron chi connectivity index (χ3n) is 7.31. The number of hydrogen-bond acceptors (Lipinski definition) is 7. The number of aryl methyl sites for hydroxylation is 1. The molecule has 0 spiro atoms. The average Bonchev–Trinajstić information content (AvgIpc) is 3.31. The van der Waals surface area contributed by atoms with Crippen LogP contribution in [-0.4, -0.2) is 42.7 Å². The van der Waals surface area contributed by atoms with Crippen LogP contribution >= 0.6 is 0 Å². The average molecular weight is 552 g/mol. The van der Waals surface area contributed by atoms with Crippen LogP contribution in [0.15, 0.2) is 108 Å². The Morgan fingerprint density at radius 1 is 0.575 bits per heavy atom. The molecule has 0 saturated carbocycles. The second-order valence-corrected chi connectivity index (χ2v) is 11.4. The molecule has 0 saturated heterocycles. The molecule has 1 N–H and O–H groups in total. The molecule has 0 radical (unpaired) electrons. The van der Waals surface area contributed by atoms with Crippen molar-refractivity contribution in [2.75, 3.05) is 0 Å². The van der Waals surface area contributed by atoms with Crippen LogP contribution in [0.5, 0.6) is 5.75 Å². The predicted octanol–water partition coefficient (Wildman–Crippen LogP) is 3.99. The lowest BCUT2D eigenvalue weighted by molar-refractivity contribution is 0.0124. The highest BCUT2D eigenvalue weighted by Crippen LogP contribution is 2.48. The van der Waals surface area contributed by atoms with E-state index in [1.54, 1.807) is 37.3 Å². The van der Waals surface area contributed by atoms with Gasteiger partial charge in [-0.1, -0.05) is 84.4 Å². The van der Waals surface area contributed by atoms with E-state index in [4.69, 9.17) is 4.74 Å². The SMILES string of the molecule is Cc1ccc(S(=O)(=O)NC2(C3(Oc4ccccc4)C(=O)c4ccccc4C3=O)C(=O)c3ccccc3C2=O)cc1. The normalized spacial score (nSPS) is 17.0. The molecule has 0 unspecified atom stereocenters. The van der Waals surface area contributed by atoms with E-state index < -0.39 is 44.3 Å². The van der Waals surface area contributed by atoms with Gasteiger partial charge in [-0.15, -0.1) is 0 Å². The lowest BCUT2D eigenvalue weighted by atomic mass is 9.72. The van der Waals surface area contributed by atoms with Gasteiger partial charge in [-0.3, -0.25) is 19.2 Å². The molecular formula is C31H21NO7S. The maximum Gasteiger partial charge on any atom is 0.267 e. The largest absolute Gasteiger partial charge is 0.468 e. The van der Waals surface area contributed by atoms with Crippen LogP contribution in [0.3, 0.4) is 0 Å². The molecule has 8 nitrogen and oxygen atoms in total. The number of para-hydroxylation sites is 1. The van der Waals surface area contributed by atoms with Crippen LogP contribution < -0.4 is 9.46 Å². The van der Waals surface area contributed by atoms with E-state index in [0.717, 1.165) is 5.56 Å². The summed E-state index contributed by atoms with van der Waals surface area (Å²) < 4.78 is 36.2. The number of ether oxygens (including phenoxy) is 1. The summed E-state index contributed by atoms with van der Waals surface area (Å²) in [6.45, 7) is 1.77. The van der Waals surface area contributed by atoms with Crippen molar-refractivity contribution in [2.45, 2.75) is 23.0 Å². The Labute approximate surface area is 229 Å². The summed E-state index contributed by atoms with van der Waals surface area (Å²) in [6.07, 6.45) is 0. The third kappa shape index (κ3) is 3.38. The number of rotatable bonds is 6. The number of fused-ring (bicyclic) bond motifs is 2. The fraction of sp³-hybridized carbons (Fsp3) is 0.0968. The zero-order valence-electron chi connectivity index (χ0n) is 21.1. The first-order valence-electron chi connectivity index (χ1n) is 12.4. The summed E-state index contributed by atoms with van der Waals surface area (Å²) in [4.78, 5) is 57.2.